The van der Waals surface area contributed by atoms with E-state index in [1.54, 1.807) is 0 Å². The van der Waals surface area contributed by atoms with Crippen LogP contribution in [0.2, 0.25) is 0 Å². The first-order valence-electron chi connectivity index (χ1n) is 6.37. The highest BCUT2D eigenvalue weighted by Gasteiger charge is 2.33. The Kier molecular flexibility index (Phi) is 4.34. The lowest BCUT2D eigenvalue weighted by atomic mass is 9.89. The highest BCUT2D eigenvalue weighted by Crippen LogP contribution is 2.24. The van der Waals surface area contributed by atoms with Crippen molar-refractivity contribution in [3.8, 4) is 0 Å². The highest BCUT2D eigenvalue weighted by molar-refractivity contribution is 5.96. The molecule has 6 heteroatoms. The second-order valence-corrected chi connectivity index (χ2v) is 5.27. The van der Waals surface area contributed by atoms with E-state index in [0.29, 0.717) is 19.8 Å². The monoisotopic (exact) mass is 280 g/mol. The van der Waals surface area contributed by atoms with Crippen LogP contribution in [0.3, 0.4) is 0 Å². The third kappa shape index (κ3) is 3.77. The smallest absolute Gasteiger partial charge is 0.251 e. The summed E-state index contributed by atoms with van der Waals surface area (Å²) in [6, 6.07) is 5.32. The number of rotatable bonds is 5. The molecule has 0 bridgehead atoms. The number of hydrogen-bond acceptors (Lipinski definition) is 3. The number of ether oxygens (including phenoxy) is 1. The maximum atomic E-state index is 13.0. The molecule has 0 aliphatic carbocycles. The molecule has 1 fully saturated rings. The third-order valence-corrected chi connectivity index (χ3v) is 3.11. The van der Waals surface area contributed by atoms with Gasteiger partial charge in [0.2, 0.25) is 5.91 Å². The summed E-state index contributed by atoms with van der Waals surface area (Å²) in [6.45, 7) is 3.65. The van der Waals surface area contributed by atoms with Gasteiger partial charge in [0, 0.05) is 17.5 Å². The molecule has 1 saturated heterocycles. The van der Waals surface area contributed by atoms with Crippen LogP contribution in [0.5, 0.6) is 0 Å². The van der Waals surface area contributed by atoms with E-state index >= 15 is 0 Å². The van der Waals surface area contributed by atoms with E-state index in [9.17, 15) is 14.0 Å². The molecule has 5 nitrogen and oxygen atoms in total. The fourth-order valence-corrected chi connectivity index (χ4v) is 1.82. The zero-order valence-electron chi connectivity index (χ0n) is 11.2. The van der Waals surface area contributed by atoms with Crippen LogP contribution < -0.4 is 10.6 Å². The molecule has 0 unspecified atom stereocenters. The van der Waals surface area contributed by atoms with Crippen LogP contribution >= 0.6 is 0 Å². The maximum Gasteiger partial charge on any atom is 0.251 e. The second-order valence-electron chi connectivity index (χ2n) is 5.27. The zero-order valence-corrected chi connectivity index (χ0v) is 11.2. The van der Waals surface area contributed by atoms with Crippen molar-refractivity contribution in [1.82, 2.24) is 10.6 Å². The number of hydrogen-bond donors (Lipinski definition) is 2. The van der Waals surface area contributed by atoms with Crippen molar-refractivity contribution < 1.29 is 18.7 Å². The summed E-state index contributed by atoms with van der Waals surface area (Å²) in [7, 11) is 0. The van der Waals surface area contributed by atoms with Crippen LogP contribution in [-0.4, -0.2) is 38.1 Å². The largest absolute Gasteiger partial charge is 0.380 e. The molecule has 1 aliphatic rings. The third-order valence-electron chi connectivity index (χ3n) is 3.11. The molecule has 0 saturated carbocycles. The Labute approximate surface area is 116 Å². The van der Waals surface area contributed by atoms with E-state index < -0.39 is 11.7 Å². The average Bonchev–Trinajstić information content (AvgIpc) is 2.40. The van der Waals surface area contributed by atoms with Gasteiger partial charge in [-0.05, 0) is 18.2 Å². The zero-order chi connectivity index (χ0) is 14.6. The summed E-state index contributed by atoms with van der Waals surface area (Å²) in [5.41, 5.74) is 0.180. The fourth-order valence-electron chi connectivity index (χ4n) is 1.82. The van der Waals surface area contributed by atoms with Crippen molar-refractivity contribution in [1.29, 1.82) is 0 Å². The van der Waals surface area contributed by atoms with Crippen LogP contribution in [0.15, 0.2) is 24.3 Å². The summed E-state index contributed by atoms with van der Waals surface area (Å²) >= 11 is 0. The van der Waals surface area contributed by atoms with E-state index in [2.05, 4.69) is 10.6 Å². The number of carbonyl (C=O) groups is 2. The fraction of sp³-hybridized carbons (Fsp3) is 0.429. The van der Waals surface area contributed by atoms with Crippen molar-refractivity contribution in [3.05, 3.63) is 35.6 Å². The number of benzene rings is 1. The Bertz CT molecular complexity index is 515. The Morgan fingerprint density at radius 1 is 1.35 bits per heavy atom. The van der Waals surface area contributed by atoms with Crippen LogP contribution in [0.25, 0.3) is 0 Å². The number of amides is 2. The molecule has 2 rings (SSSR count). The standard InChI is InChI=1S/C14H17FN2O3/c1-14(8-20-9-14)7-17-12(18)6-16-13(19)10-3-2-4-11(15)5-10/h2-5H,6-9H2,1H3,(H,16,19)(H,17,18). The molecule has 2 amide bonds. The van der Waals surface area contributed by atoms with Crippen LogP contribution in [0.1, 0.15) is 17.3 Å². The van der Waals surface area contributed by atoms with E-state index in [0.717, 1.165) is 6.07 Å². The molecule has 0 spiro atoms. The minimum atomic E-state index is -0.486. The summed E-state index contributed by atoms with van der Waals surface area (Å²) in [5, 5.41) is 5.18. The second kappa shape index (κ2) is 6.00. The lowest BCUT2D eigenvalue weighted by Crippen LogP contribution is -2.50. The number of nitrogens with one attached hydrogen (secondary N) is 2. The normalized spacial score (nSPS) is 16.1. The lowest BCUT2D eigenvalue weighted by molar-refractivity contribution is -0.125. The minimum Gasteiger partial charge on any atom is -0.380 e. The van der Waals surface area contributed by atoms with Gasteiger partial charge in [0.25, 0.3) is 5.91 Å². The molecule has 1 aliphatic heterocycles. The molecule has 1 aromatic rings. The Balaban J connectivity index is 1.74. The Morgan fingerprint density at radius 3 is 2.70 bits per heavy atom. The minimum absolute atomic E-state index is 0.0117. The molecule has 1 heterocycles. The van der Waals surface area contributed by atoms with Crippen molar-refractivity contribution >= 4 is 11.8 Å². The summed E-state index contributed by atoms with van der Waals surface area (Å²) in [5.74, 6) is -1.24. The van der Waals surface area contributed by atoms with Gasteiger partial charge >= 0.3 is 0 Å². The summed E-state index contributed by atoms with van der Waals surface area (Å²) in [4.78, 5) is 23.3. The quantitative estimate of drug-likeness (QED) is 0.834. The maximum absolute atomic E-state index is 13.0. The van der Waals surface area contributed by atoms with Crippen LogP contribution in [-0.2, 0) is 9.53 Å². The first-order valence-corrected chi connectivity index (χ1v) is 6.37. The molecular weight excluding hydrogens is 263 g/mol. The predicted octanol–water partition coefficient (Wildman–Crippen LogP) is 0.708. The highest BCUT2D eigenvalue weighted by atomic mass is 19.1. The van der Waals surface area contributed by atoms with E-state index in [1.807, 2.05) is 6.92 Å². The molecule has 1 aromatic carbocycles. The summed E-state index contributed by atoms with van der Waals surface area (Å²) in [6.07, 6.45) is 0. The number of halogens is 1. The van der Waals surface area contributed by atoms with Crippen LogP contribution in [0, 0.1) is 11.2 Å². The first-order chi connectivity index (χ1) is 9.48. The van der Waals surface area contributed by atoms with Gasteiger partial charge in [-0.1, -0.05) is 13.0 Å². The van der Waals surface area contributed by atoms with Gasteiger partial charge in [-0.25, -0.2) is 4.39 Å². The van der Waals surface area contributed by atoms with E-state index in [-0.39, 0.29) is 23.4 Å². The lowest BCUT2D eigenvalue weighted by Gasteiger charge is -2.38. The van der Waals surface area contributed by atoms with Gasteiger partial charge in [-0.15, -0.1) is 0 Å². The van der Waals surface area contributed by atoms with Gasteiger partial charge in [0.15, 0.2) is 0 Å². The van der Waals surface area contributed by atoms with E-state index in [4.69, 9.17) is 4.74 Å². The molecule has 2 N–H and O–H groups in total. The van der Waals surface area contributed by atoms with Gasteiger partial charge in [0.1, 0.15) is 5.82 Å². The van der Waals surface area contributed by atoms with Gasteiger partial charge < -0.3 is 15.4 Å². The predicted molar refractivity (Wildman–Crippen MR) is 70.7 cm³/mol. The Morgan fingerprint density at radius 2 is 2.10 bits per heavy atom. The molecule has 0 radical (unpaired) electrons. The van der Waals surface area contributed by atoms with Gasteiger partial charge in [0.05, 0.1) is 19.8 Å². The summed E-state index contributed by atoms with van der Waals surface area (Å²) < 4.78 is 18.0. The topological polar surface area (TPSA) is 67.4 Å². The molecular formula is C14H17FN2O3. The van der Waals surface area contributed by atoms with Gasteiger partial charge in [-0.2, -0.15) is 0 Å². The van der Waals surface area contributed by atoms with Crippen molar-refractivity contribution in [3.63, 3.8) is 0 Å². The van der Waals surface area contributed by atoms with Gasteiger partial charge in [-0.3, -0.25) is 9.59 Å². The Hall–Kier alpha value is -1.95. The molecule has 108 valence electrons. The molecule has 0 atom stereocenters. The average molecular weight is 280 g/mol. The van der Waals surface area contributed by atoms with Crippen molar-refractivity contribution in [2.24, 2.45) is 5.41 Å². The van der Waals surface area contributed by atoms with Crippen LogP contribution in [0.4, 0.5) is 4.39 Å². The molecule has 20 heavy (non-hydrogen) atoms. The SMILES string of the molecule is CC1(CNC(=O)CNC(=O)c2cccc(F)c2)COC1. The van der Waals surface area contributed by atoms with Crippen molar-refractivity contribution in [2.45, 2.75) is 6.92 Å². The number of carbonyl (C=O) groups excluding carboxylic acids is 2. The van der Waals surface area contributed by atoms with Crippen molar-refractivity contribution in [2.75, 3.05) is 26.3 Å². The van der Waals surface area contributed by atoms with E-state index in [1.165, 1.54) is 18.2 Å². The molecule has 0 aromatic heterocycles. The first kappa shape index (κ1) is 14.5.